The molecular weight excluding hydrogens is 198 g/mol. The first kappa shape index (κ1) is 11.2. The third kappa shape index (κ3) is 2.26. The summed E-state index contributed by atoms with van der Waals surface area (Å²) >= 11 is 0. The molecule has 0 bridgehead atoms. The van der Waals surface area contributed by atoms with Crippen molar-refractivity contribution in [1.82, 2.24) is 4.90 Å². The van der Waals surface area contributed by atoms with Gasteiger partial charge in [0, 0.05) is 18.7 Å². The van der Waals surface area contributed by atoms with Crippen LogP contribution < -0.4 is 0 Å². The van der Waals surface area contributed by atoms with Crippen LogP contribution in [-0.2, 0) is 0 Å². The first-order valence-electron chi connectivity index (χ1n) is 6.07. The first-order valence-corrected chi connectivity index (χ1v) is 6.07. The van der Waals surface area contributed by atoms with Crippen molar-refractivity contribution in [2.75, 3.05) is 13.1 Å². The van der Waals surface area contributed by atoms with Gasteiger partial charge in [-0.2, -0.15) is 0 Å². The lowest BCUT2D eigenvalue weighted by Gasteiger charge is -2.16. The summed E-state index contributed by atoms with van der Waals surface area (Å²) in [5, 5.41) is 0. The lowest BCUT2D eigenvalue weighted by atomic mass is 10.0. The number of carbonyl (C=O) groups excluding carboxylic acids is 1. The number of hydrogen-bond donors (Lipinski definition) is 0. The average molecular weight is 217 g/mol. The molecule has 1 aromatic carbocycles. The van der Waals surface area contributed by atoms with E-state index in [-0.39, 0.29) is 5.91 Å². The Morgan fingerprint density at radius 3 is 2.56 bits per heavy atom. The molecule has 86 valence electrons. The van der Waals surface area contributed by atoms with E-state index in [1.807, 2.05) is 23.1 Å². The molecule has 1 aliphatic heterocycles. The van der Waals surface area contributed by atoms with Crippen molar-refractivity contribution in [1.29, 1.82) is 0 Å². The first-order chi connectivity index (χ1) is 7.68. The highest BCUT2D eigenvalue weighted by atomic mass is 16.2. The molecule has 1 fully saturated rings. The summed E-state index contributed by atoms with van der Waals surface area (Å²) in [6.45, 7) is 6.15. The van der Waals surface area contributed by atoms with Crippen LogP contribution in [0.2, 0.25) is 0 Å². The van der Waals surface area contributed by atoms with Crippen LogP contribution >= 0.6 is 0 Å². The van der Waals surface area contributed by atoms with E-state index < -0.39 is 0 Å². The van der Waals surface area contributed by atoms with Crippen molar-refractivity contribution in [2.24, 2.45) is 0 Å². The molecule has 0 atom stereocenters. The van der Waals surface area contributed by atoms with Crippen molar-refractivity contribution >= 4 is 5.91 Å². The van der Waals surface area contributed by atoms with Gasteiger partial charge < -0.3 is 4.90 Å². The highest BCUT2D eigenvalue weighted by Gasteiger charge is 2.19. The second kappa shape index (κ2) is 4.69. The monoisotopic (exact) mass is 217 g/mol. The third-order valence-corrected chi connectivity index (χ3v) is 3.19. The van der Waals surface area contributed by atoms with Crippen LogP contribution in [0.4, 0.5) is 0 Å². The number of rotatable bonds is 2. The highest BCUT2D eigenvalue weighted by Crippen LogP contribution is 2.18. The van der Waals surface area contributed by atoms with Crippen LogP contribution in [-0.4, -0.2) is 23.9 Å². The topological polar surface area (TPSA) is 20.3 Å². The number of benzene rings is 1. The van der Waals surface area contributed by atoms with Gasteiger partial charge in [0.1, 0.15) is 0 Å². The SMILES string of the molecule is CC(C)c1cccc(C(=O)N2CCCC2)c1. The van der Waals surface area contributed by atoms with Gasteiger partial charge >= 0.3 is 0 Å². The molecule has 0 unspecified atom stereocenters. The zero-order chi connectivity index (χ0) is 11.5. The van der Waals surface area contributed by atoms with Crippen molar-refractivity contribution in [3.8, 4) is 0 Å². The predicted octanol–water partition coefficient (Wildman–Crippen LogP) is 3.05. The van der Waals surface area contributed by atoms with E-state index in [0.29, 0.717) is 5.92 Å². The Kier molecular flexibility index (Phi) is 3.28. The average Bonchev–Trinajstić information content (AvgIpc) is 2.81. The van der Waals surface area contributed by atoms with Crippen molar-refractivity contribution in [3.63, 3.8) is 0 Å². The minimum absolute atomic E-state index is 0.194. The standard InChI is InChI=1S/C14H19NO/c1-11(2)12-6-5-7-13(10-12)14(16)15-8-3-4-9-15/h5-7,10-11H,3-4,8-9H2,1-2H3. The summed E-state index contributed by atoms with van der Waals surface area (Å²) < 4.78 is 0. The molecule has 1 aromatic rings. The Labute approximate surface area is 97.3 Å². The molecule has 0 saturated carbocycles. The number of nitrogens with zero attached hydrogens (tertiary/aromatic N) is 1. The molecule has 16 heavy (non-hydrogen) atoms. The maximum absolute atomic E-state index is 12.1. The van der Waals surface area contributed by atoms with Crippen molar-refractivity contribution in [2.45, 2.75) is 32.6 Å². The number of likely N-dealkylation sites (tertiary alicyclic amines) is 1. The molecule has 2 rings (SSSR count). The van der Waals surface area contributed by atoms with Gasteiger partial charge in [-0.05, 0) is 36.5 Å². The van der Waals surface area contributed by atoms with Crippen LogP contribution in [0.3, 0.4) is 0 Å². The summed E-state index contributed by atoms with van der Waals surface area (Å²) in [5.41, 5.74) is 2.08. The zero-order valence-electron chi connectivity index (χ0n) is 10.1. The van der Waals surface area contributed by atoms with Gasteiger partial charge in [0.25, 0.3) is 5.91 Å². The van der Waals surface area contributed by atoms with Crippen LogP contribution in [0.15, 0.2) is 24.3 Å². The van der Waals surface area contributed by atoms with Crippen LogP contribution in [0, 0.1) is 0 Å². The fourth-order valence-corrected chi connectivity index (χ4v) is 2.13. The molecule has 0 aliphatic carbocycles. The van der Waals surface area contributed by atoms with E-state index in [9.17, 15) is 4.79 Å². The Balaban J connectivity index is 2.19. The smallest absolute Gasteiger partial charge is 0.253 e. The van der Waals surface area contributed by atoms with Gasteiger partial charge in [0.15, 0.2) is 0 Å². The van der Waals surface area contributed by atoms with E-state index in [2.05, 4.69) is 19.9 Å². The summed E-state index contributed by atoms with van der Waals surface area (Å²) in [5.74, 6) is 0.673. The van der Waals surface area contributed by atoms with Gasteiger partial charge in [0.05, 0.1) is 0 Å². The van der Waals surface area contributed by atoms with Crippen LogP contribution in [0.1, 0.15) is 48.5 Å². The number of amides is 1. The van der Waals surface area contributed by atoms with E-state index in [1.165, 1.54) is 5.56 Å². The van der Waals surface area contributed by atoms with Gasteiger partial charge in [-0.3, -0.25) is 4.79 Å². The third-order valence-electron chi connectivity index (χ3n) is 3.19. The number of hydrogen-bond acceptors (Lipinski definition) is 1. The van der Waals surface area contributed by atoms with E-state index in [1.54, 1.807) is 0 Å². The van der Waals surface area contributed by atoms with Gasteiger partial charge in [-0.15, -0.1) is 0 Å². The zero-order valence-corrected chi connectivity index (χ0v) is 10.1. The molecule has 2 nitrogen and oxygen atoms in total. The van der Waals surface area contributed by atoms with E-state index >= 15 is 0 Å². The van der Waals surface area contributed by atoms with Crippen molar-refractivity contribution < 1.29 is 4.79 Å². The quantitative estimate of drug-likeness (QED) is 0.745. The maximum atomic E-state index is 12.1. The molecule has 0 radical (unpaired) electrons. The summed E-state index contributed by atoms with van der Waals surface area (Å²) in [4.78, 5) is 14.1. The second-order valence-corrected chi connectivity index (χ2v) is 4.78. The van der Waals surface area contributed by atoms with Gasteiger partial charge in [-0.1, -0.05) is 26.0 Å². The predicted molar refractivity (Wildman–Crippen MR) is 65.7 cm³/mol. The fraction of sp³-hybridized carbons (Fsp3) is 0.500. The largest absolute Gasteiger partial charge is 0.339 e. The van der Waals surface area contributed by atoms with Crippen LogP contribution in [0.25, 0.3) is 0 Å². The Bertz CT molecular complexity index is 378. The molecule has 1 saturated heterocycles. The molecule has 0 N–H and O–H groups in total. The minimum Gasteiger partial charge on any atom is -0.339 e. The minimum atomic E-state index is 0.194. The molecule has 1 aliphatic rings. The highest BCUT2D eigenvalue weighted by molar-refractivity contribution is 5.94. The molecule has 0 aromatic heterocycles. The maximum Gasteiger partial charge on any atom is 0.253 e. The normalized spacial score (nSPS) is 15.8. The Hall–Kier alpha value is -1.31. The van der Waals surface area contributed by atoms with E-state index in [0.717, 1.165) is 31.5 Å². The number of carbonyl (C=O) groups is 1. The Morgan fingerprint density at radius 2 is 1.94 bits per heavy atom. The molecule has 1 heterocycles. The molecule has 2 heteroatoms. The molecule has 1 amide bonds. The van der Waals surface area contributed by atoms with Gasteiger partial charge in [0.2, 0.25) is 0 Å². The van der Waals surface area contributed by atoms with Crippen LogP contribution in [0.5, 0.6) is 0 Å². The summed E-state index contributed by atoms with van der Waals surface area (Å²) in [6.07, 6.45) is 2.30. The summed E-state index contributed by atoms with van der Waals surface area (Å²) in [7, 11) is 0. The molecular formula is C14H19NO. The van der Waals surface area contributed by atoms with Gasteiger partial charge in [-0.25, -0.2) is 0 Å². The lowest BCUT2D eigenvalue weighted by Crippen LogP contribution is -2.27. The van der Waals surface area contributed by atoms with Crippen molar-refractivity contribution in [3.05, 3.63) is 35.4 Å². The Morgan fingerprint density at radius 1 is 1.25 bits per heavy atom. The summed E-state index contributed by atoms with van der Waals surface area (Å²) in [6, 6.07) is 8.03. The second-order valence-electron chi connectivity index (χ2n) is 4.78. The molecule has 0 spiro atoms. The van der Waals surface area contributed by atoms with E-state index in [4.69, 9.17) is 0 Å². The fourth-order valence-electron chi connectivity index (χ4n) is 2.13. The lowest BCUT2D eigenvalue weighted by molar-refractivity contribution is 0.0792.